The molecule has 0 spiro atoms. The van der Waals surface area contributed by atoms with Gasteiger partial charge < -0.3 is 15.4 Å². The lowest BCUT2D eigenvalue weighted by atomic mass is 10.2. The van der Waals surface area contributed by atoms with Gasteiger partial charge >= 0.3 is 0 Å². The second kappa shape index (κ2) is 7.29. The van der Waals surface area contributed by atoms with Gasteiger partial charge in [0.15, 0.2) is 0 Å². The van der Waals surface area contributed by atoms with Crippen LogP contribution in [0.5, 0.6) is 5.75 Å². The van der Waals surface area contributed by atoms with Crippen molar-refractivity contribution in [2.24, 2.45) is 0 Å². The van der Waals surface area contributed by atoms with Crippen LogP contribution in [0.1, 0.15) is 38.2 Å². The standard InChI is InChI=1S/C16H24N2O2/c1-12(16(19)18-14-5-3-4-6-14)17-11-13-7-9-15(20-2)10-8-13/h7-10,12,14,17H,3-6,11H2,1-2H3,(H,18,19). The van der Waals surface area contributed by atoms with Crippen molar-refractivity contribution < 1.29 is 9.53 Å². The van der Waals surface area contributed by atoms with Crippen molar-refractivity contribution in [1.82, 2.24) is 10.6 Å². The van der Waals surface area contributed by atoms with Gasteiger partial charge in [0.1, 0.15) is 5.75 Å². The van der Waals surface area contributed by atoms with Gasteiger partial charge in [-0.25, -0.2) is 0 Å². The molecule has 1 saturated carbocycles. The molecular formula is C16H24N2O2. The van der Waals surface area contributed by atoms with Crippen LogP contribution in [0.3, 0.4) is 0 Å². The lowest BCUT2D eigenvalue weighted by Crippen LogP contribution is -2.45. The lowest BCUT2D eigenvalue weighted by molar-refractivity contribution is -0.123. The molecule has 2 N–H and O–H groups in total. The largest absolute Gasteiger partial charge is 0.497 e. The maximum atomic E-state index is 12.0. The highest BCUT2D eigenvalue weighted by atomic mass is 16.5. The molecule has 0 saturated heterocycles. The Kier molecular flexibility index (Phi) is 5.41. The van der Waals surface area contributed by atoms with Gasteiger partial charge in [-0.1, -0.05) is 25.0 Å². The topological polar surface area (TPSA) is 50.4 Å². The number of methoxy groups -OCH3 is 1. The molecule has 0 aliphatic heterocycles. The third-order valence-electron chi connectivity index (χ3n) is 3.87. The Labute approximate surface area is 120 Å². The summed E-state index contributed by atoms with van der Waals surface area (Å²) in [5.74, 6) is 0.950. The molecule has 1 fully saturated rings. The number of benzene rings is 1. The van der Waals surface area contributed by atoms with Crippen LogP contribution < -0.4 is 15.4 Å². The lowest BCUT2D eigenvalue weighted by Gasteiger charge is -2.17. The van der Waals surface area contributed by atoms with E-state index < -0.39 is 0 Å². The van der Waals surface area contributed by atoms with Gasteiger partial charge in [-0.15, -0.1) is 0 Å². The van der Waals surface area contributed by atoms with Crippen molar-refractivity contribution in [2.75, 3.05) is 7.11 Å². The van der Waals surface area contributed by atoms with Crippen LogP contribution in [0.4, 0.5) is 0 Å². The minimum absolute atomic E-state index is 0.102. The first kappa shape index (κ1) is 14.9. The summed E-state index contributed by atoms with van der Waals surface area (Å²) < 4.78 is 5.12. The molecule has 4 heteroatoms. The van der Waals surface area contributed by atoms with Crippen molar-refractivity contribution in [3.8, 4) is 5.75 Å². The SMILES string of the molecule is COc1ccc(CNC(C)C(=O)NC2CCCC2)cc1. The number of hydrogen-bond donors (Lipinski definition) is 2. The Bertz CT molecular complexity index is 425. The molecule has 0 radical (unpaired) electrons. The third-order valence-corrected chi connectivity index (χ3v) is 3.87. The van der Waals surface area contributed by atoms with E-state index in [1.807, 2.05) is 31.2 Å². The number of amides is 1. The molecular weight excluding hydrogens is 252 g/mol. The summed E-state index contributed by atoms with van der Waals surface area (Å²) in [4.78, 5) is 12.0. The Morgan fingerprint density at radius 2 is 1.95 bits per heavy atom. The Morgan fingerprint density at radius 1 is 1.30 bits per heavy atom. The molecule has 0 bridgehead atoms. The molecule has 1 aromatic rings. The maximum Gasteiger partial charge on any atom is 0.237 e. The van der Waals surface area contributed by atoms with Gasteiger partial charge in [0, 0.05) is 12.6 Å². The van der Waals surface area contributed by atoms with Crippen LogP contribution in [-0.4, -0.2) is 25.1 Å². The van der Waals surface area contributed by atoms with Crippen molar-refractivity contribution in [3.63, 3.8) is 0 Å². The molecule has 0 heterocycles. The fourth-order valence-electron chi connectivity index (χ4n) is 2.50. The van der Waals surface area contributed by atoms with Gasteiger partial charge in [-0.3, -0.25) is 4.79 Å². The Balaban J connectivity index is 1.75. The number of hydrogen-bond acceptors (Lipinski definition) is 3. The van der Waals surface area contributed by atoms with Crippen LogP contribution in [-0.2, 0) is 11.3 Å². The average molecular weight is 276 g/mol. The molecule has 20 heavy (non-hydrogen) atoms. The first-order chi connectivity index (χ1) is 9.69. The molecule has 4 nitrogen and oxygen atoms in total. The monoisotopic (exact) mass is 276 g/mol. The molecule has 1 aliphatic rings. The molecule has 2 rings (SSSR count). The van der Waals surface area contributed by atoms with Crippen molar-refractivity contribution >= 4 is 5.91 Å². The summed E-state index contributed by atoms with van der Waals surface area (Å²) in [6.07, 6.45) is 4.71. The number of nitrogens with one attached hydrogen (secondary N) is 2. The minimum Gasteiger partial charge on any atom is -0.497 e. The van der Waals surface area contributed by atoms with E-state index in [0.29, 0.717) is 12.6 Å². The normalized spacial score (nSPS) is 16.9. The smallest absolute Gasteiger partial charge is 0.237 e. The van der Waals surface area contributed by atoms with E-state index in [9.17, 15) is 4.79 Å². The second-order valence-electron chi connectivity index (χ2n) is 5.44. The van der Waals surface area contributed by atoms with Crippen molar-refractivity contribution in [2.45, 2.75) is 51.2 Å². The highest BCUT2D eigenvalue weighted by Crippen LogP contribution is 2.17. The van der Waals surface area contributed by atoms with E-state index in [1.54, 1.807) is 7.11 Å². The van der Waals surface area contributed by atoms with Gasteiger partial charge in [0.25, 0.3) is 0 Å². The zero-order chi connectivity index (χ0) is 14.4. The van der Waals surface area contributed by atoms with Gasteiger partial charge in [0.2, 0.25) is 5.91 Å². The zero-order valence-electron chi connectivity index (χ0n) is 12.3. The van der Waals surface area contributed by atoms with E-state index in [0.717, 1.165) is 24.2 Å². The summed E-state index contributed by atoms with van der Waals surface area (Å²) in [6, 6.07) is 8.09. The number of carbonyl (C=O) groups is 1. The molecule has 1 atom stereocenters. The summed E-state index contributed by atoms with van der Waals surface area (Å²) >= 11 is 0. The predicted molar refractivity (Wildman–Crippen MR) is 79.7 cm³/mol. The summed E-state index contributed by atoms with van der Waals surface area (Å²) in [5, 5.41) is 6.37. The highest BCUT2D eigenvalue weighted by molar-refractivity contribution is 5.81. The summed E-state index contributed by atoms with van der Waals surface area (Å²) in [6.45, 7) is 2.59. The molecule has 1 aliphatic carbocycles. The van der Waals surface area contributed by atoms with Crippen LogP contribution in [0.15, 0.2) is 24.3 Å². The van der Waals surface area contributed by atoms with Gasteiger partial charge in [-0.2, -0.15) is 0 Å². The van der Waals surface area contributed by atoms with Crippen LogP contribution in [0.25, 0.3) is 0 Å². The van der Waals surface area contributed by atoms with E-state index in [1.165, 1.54) is 12.8 Å². The van der Waals surface area contributed by atoms with Crippen LogP contribution >= 0.6 is 0 Å². The molecule has 1 amide bonds. The Hall–Kier alpha value is -1.55. The first-order valence-corrected chi connectivity index (χ1v) is 7.35. The molecule has 1 aromatic carbocycles. The van der Waals surface area contributed by atoms with Crippen molar-refractivity contribution in [3.05, 3.63) is 29.8 Å². The number of rotatable bonds is 6. The summed E-state index contributed by atoms with van der Waals surface area (Å²) in [5.41, 5.74) is 1.14. The van der Waals surface area contributed by atoms with E-state index in [2.05, 4.69) is 10.6 Å². The van der Waals surface area contributed by atoms with E-state index in [-0.39, 0.29) is 11.9 Å². The van der Waals surface area contributed by atoms with Crippen molar-refractivity contribution in [1.29, 1.82) is 0 Å². The predicted octanol–water partition coefficient (Wildman–Crippen LogP) is 2.23. The molecule has 110 valence electrons. The van der Waals surface area contributed by atoms with Gasteiger partial charge in [-0.05, 0) is 37.5 Å². The fraction of sp³-hybridized carbons (Fsp3) is 0.562. The molecule has 0 aromatic heterocycles. The zero-order valence-corrected chi connectivity index (χ0v) is 12.3. The van der Waals surface area contributed by atoms with E-state index in [4.69, 9.17) is 4.74 Å². The number of ether oxygens (including phenoxy) is 1. The van der Waals surface area contributed by atoms with Gasteiger partial charge in [0.05, 0.1) is 13.2 Å². The Morgan fingerprint density at radius 3 is 2.55 bits per heavy atom. The van der Waals surface area contributed by atoms with E-state index >= 15 is 0 Å². The first-order valence-electron chi connectivity index (χ1n) is 7.35. The fourth-order valence-corrected chi connectivity index (χ4v) is 2.50. The minimum atomic E-state index is -0.169. The van der Waals surface area contributed by atoms with Crippen LogP contribution in [0.2, 0.25) is 0 Å². The quantitative estimate of drug-likeness (QED) is 0.837. The summed E-state index contributed by atoms with van der Waals surface area (Å²) in [7, 11) is 1.66. The number of carbonyl (C=O) groups excluding carboxylic acids is 1. The highest BCUT2D eigenvalue weighted by Gasteiger charge is 2.20. The maximum absolute atomic E-state index is 12.0. The van der Waals surface area contributed by atoms with Crippen LogP contribution in [0, 0.1) is 0 Å². The average Bonchev–Trinajstić information content (AvgIpc) is 2.98. The second-order valence-corrected chi connectivity index (χ2v) is 5.44. The molecule has 1 unspecified atom stereocenters. The third kappa shape index (κ3) is 4.23.